The molecule has 0 atom stereocenters. The largest absolute Gasteiger partial charge is 0.466 e. The average Bonchev–Trinajstić information content (AvgIpc) is 2.52. The van der Waals surface area contributed by atoms with Crippen LogP contribution < -0.4 is 0 Å². The maximum Gasteiger partial charge on any atom is 0.344 e. The Bertz CT molecular complexity index is 439. The van der Waals surface area contributed by atoms with Crippen molar-refractivity contribution in [1.82, 2.24) is 0 Å². The zero-order chi connectivity index (χ0) is 19.3. The van der Waals surface area contributed by atoms with E-state index >= 15 is 0 Å². The second-order valence-corrected chi connectivity index (χ2v) is 5.15. The highest BCUT2D eigenvalue weighted by molar-refractivity contribution is 5.91. The summed E-state index contributed by atoms with van der Waals surface area (Å²) in [5, 5.41) is 10.4. The molecule has 0 unspecified atom stereocenters. The number of carbonyl (C=O) groups excluding carboxylic acids is 4. The van der Waals surface area contributed by atoms with Crippen molar-refractivity contribution in [2.24, 2.45) is 0 Å². The Balaban J connectivity index is 4.81. The van der Waals surface area contributed by atoms with E-state index in [0.29, 0.717) is 6.42 Å². The van der Waals surface area contributed by atoms with Crippen molar-refractivity contribution >= 4 is 23.9 Å². The number of carbonyl (C=O) groups is 4. The van der Waals surface area contributed by atoms with Crippen molar-refractivity contribution in [3.05, 3.63) is 0 Å². The molecule has 0 radical (unpaired) electrons. The van der Waals surface area contributed by atoms with Gasteiger partial charge in [-0.1, -0.05) is 13.3 Å². The van der Waals surface area contributed by atoms with Gasteiger partial charge in [0.05, 0.1) is 32.7 Å². The summed E-state index contributed by atoms with van der Waals surface area (Å²) in [6.45, 7) is 4.53. The van der Waals surface area contributed by atoms with Crippen LogP contribution in [-0.2, 0) is 38.1 Å². The summed E-state index contributed by atoms with van der Waals surface area (Å²) >= 11 is 0. The van der Waals surface area contributed by atoms with E-state index in [-0.39, 0.29) is 19.8 Å². The van der Waals surface area contributed by atoms with E-state index < -0.39 is 48.9 Å². The Labute approximate surface area is 146 Å². The second kappa shape index (κ2) is 12.2. The van der Waals surface area contributed by atoms with Gasteiger partial charge in [0.15, 0.2) is 12.2 Å². The molecule has 0 amide bonds. The van der Waals surface area contributed by atoms with Crippen molar-refractivity contribution in [2.45, 2.75) is 52.1 Å². The molecule has 0 heterocycles. The monoisotopic (exact) mass is 362 g/mol. The van der Waals surface area contributed by atoms with Gasteiger partial charge in [0, 0.05) is 0 Å². The molecule has 0 bridgehead atoms. The third-order valence-electron chi connectivity index (χ3n) is 2.95. The molecule has 1 N–H and O–H groups in total. The molecule has 0 aromatic heterocycles. The summed E-state index contributed by atoms with van der Waals surface area (Å²) < 4.78 is 18.8. The van der Waals surface area contributed by atoms with Crippen molar-refractivity contribution in [3.8, 4) is 0 Å². The molecule has 0 aliphatic rings. The molecule has 0 aromatic rings. The molecule has 9 nitrogen and oxygen atoms in total. The van der Waals surface area contributed by atoms with Gasteiger partial charge in [-0.05, 0) is 20.3 Å². The Morgan fingerprint density at radius 2 is 1.32 bits per heavy atom. The first-order valence-electron chi connectivity index (χ1n) is 8.15. The molecule has 0 fully saturated rings. The lowest BCUT2D eigenvalue weighted by Gasteiger charge is -2.23. The molecule has 0 aliphatic heterocycles. The van der Waals surface area contributed by atoms with E-state index in [9.17, 15) is 24.3 Å². The fraction of sp³-hybridized carbons (Fsp3) is 0.750. The highest BCUT2D eigenvalue weighted by Crippen LogP contribution is 2.20. The minimum absolute atomic E-state index is 0.0348. The van der Waals surface area contributed by atoms with Crippen molar-refractivity contribution in [2.75, 3.05) is 26.4 Å². The van der Waals surface area contributed by atoms with Gasteiger partial charge in [-0.15, -0.1) is 0 Å². The number of unbranched alkanes of at least 4 members (excludes halogenated alkanes) is 1. The van der Waals surface area contributed by atoms with Gasteiger partial charge in [0.2, 0.25) is 0 Å². The number of rotatable bonds is 12. The highest BCUT2D eigenvalue weighted by Gasteiger charge is 2.43. The summed E-state index contributed by atoms with van der Waals surface area (Å²) in [5.74, 6) is -3.88. The van der Waals surface area contributed by atoms with Crippen LogP contribution in [0.1, 0.15) is 46.5 Å². The summed E-state index contributed by atoms with van der Waals surface area (Å²) in [6.07, 6.45) is -0.117. The Hall–Kier alpha value is -2.16. The van der Waals surface area contributed by atoms with E-state index in [4.69, 9.17) is 4.74 Å². The minimum Gasteiger partial charge on any atom is -0.466 e. The Kier molecular flexibility index (Phi) is 11.2. The van der Waals surface area contributed by atoms with Crippen LogP contribution in [0.4, 0.5) is 0 Å². The average molecular weight is 362 g/mol. The smallest absolute Gasteiger partial charge is 0.344 e. The van der Waals surface area contributed by atoms with Crippen LogP contribution in [0.2, 0.25) is 0 Å². The molecular weight excluding hydrogens is 336 g/mol. The van der Waals surface area contributed by atoms with Crippen molar-refractivity contribution < 1.29 is 43.2 Å². The Morgan fingerprint density at radius 1 is 0.800 bits per heavy atom. The number of hydrogen-bond donors (Lipinski definition) is 1. The lowest BCUT2D eigenvalue weighted by Crippen LogP contribution is -2.45. The maximum absolute atomic E-state index is 12.1. The number of aliphatic hydroxyl groups is 1. The van der Waals surface area contributed by atoms with Gasteiger partial charge in [-0.3, -0.25) is 9.59 Å². The highest BCUT2D eigenvalue weighted by atomic mass is 16.6. The fourth-order valence-corrected chi connectivity index (χ4v) is 1.74. The maximum atomic E-state index is 12.1. The van der Waals surface area contributed by atoms with Crippen LogP contribution in [0.15, 0.2) is 0 Å². The van der Waals surface area contributed by atoms with Crippen molar-refractivity contribution in [1.29, 1.82) is 0 Å². The van der Waals surface area contributed by atoms with Crippen LogP contribution >= 0.6 is 0 Å². The quantitative estimate of drug-likeness (QED) is 0.300. The molecule has 0 saturated heterocycles. The third kappa shape index (κ3) is 9.65. The summed E-state index contributed by atoms with van der Waals surface area (Å²) in [5.41, 5.74) is -2.48. The normalized spacial score (nSPS) is 10.7. The van der Waals surface area contributed by atoms with Crippen LogP contribution in [-0.4, -0.2) is 61.0 Å². The fourth-order valence-electron chi connectivity index (χ4n) is 1.74. The van der Waals surface area contributed by atoms with E-state index in [2.05, 4.69) is 14.2 Å². The first-order chi connectivity index (χ1) is 11.8. The molecule has 0 spiro atoms. The lowest BCUT2D eigenvalue weighted by atomic mass is 9.95. The molecular formula is C16H26O9. The lowest BCUT2D eigenvalue weighted by molar-refractivity contribution is -0.180. The molecule has 0 aromatic carbocycles. The summed E-state index contributed by atoms with van der Waals surface area (Å²) in [6, 6.07) is 0. The van der Waals surface area contributed by atoms with E-state index in [1.807, 2.05) is 6.92 Å². The number of hydrogen-bond acceptors (Lipinski definition) is 9. The predicted octanol–water partition coefficient (Wildman–Crippen LogP) is 0.510. The van der Waals surface area contributed by atoms with Crippen molar-refractivity contribution in [3.63, 3.8) is 0 Å². The summed E-state index contributed by atoms with van der Waals surface area (Å²) in [7, 11) is 0. The first-order valence-corrected chi connectivity index (χ1v) is 8.15. The molecule has 144 valence electrons. The molecule has 0 rings (SSSR count). The molecule has 0 aliphatic carbocycles. The van der Waals surface area contributed by atoms with Gasteiger partial charge < -0.3 is 24.1 Å². The Morgan fingerprint density at radius 3 is 1.76 bits per heavy atom. The molecule has 9 heteroatoms. The number of ether oxygens (including phenoxy) is 4. The SMILES string of the molecule is CCCCOC(=O)COC(=O)C(O)(CC(=O)OCC)CC(=O)OCC. The minimum atomic E-state index is -2.48. The van der Waals surface area contributed by atoms with Gasteiger partial charge in [-0.2, -0.15) is 0 Å². The van der Waals surface area contributed by atoms with E-state index in [1.54, 1.807) is 13.8 Å². The third-order valence-corrected chi connectivity index (χ3v) is 2.95. The zero-order valence-corrected chi connectivity index (χ0v) is 14.9. The van der Waals surface area contributed by atoms with Gasteiger partial charge in [0.1, 0.15) is 0 Å². The van der Waals surface area contributed by atoms with E-state index in [0.717, 1.165) is 6.42 Å². The zero-order valence-electron chi connectivity index (χ0n) is 14.9. The number of esters is 4. The van der Waals surface area contributed by atoms with Crippen LogP contribution in [0.3, 0.4) is 0 Å². The van der Waals surface area contributed by atoms with Gasteiger partial charge >= 0.3 is 23.9 Å². The second-order valence-electron chi connectivity index (χ2n) is 5.15. The van der Waals surface area contributed by atoms with Crippen LogP contribution in [0, 0.1) is 0 Å². The predicted molar refractivity (Wildman–Crippen MR) is 84.3 cm³/mol. The van der Waals surface area contributed by atoms with E-state index in [1.165, 1.54) is 0 Å². The van der Waals surface area contributed by atoms with Crippen LogP contribution in [0.5, 0.6) is 0 Å². The molecule has 0 saturated carbocycles. The van der Waals surface area contributed by atoms with Gasteiger partial charge in [0.25, 0.3) is 0 Å². The molecule has 25 heavy (non-hydrogen) atoms. The topological polar surface area (TPSA) is 125 Å². The first kappa shape index (κ1) is 22.8. The summed E-state index contributed by atoms with van der Waals surface area (Å²) in [4.78, 5) is 46.7. The standard InChI is InChI=1S/C16H26O9/c1-4-7-8-24-14(19)11-25-15(20)16(21,9-12(17)22-5-2)10-13(18)23-6-3/h21H,4-11H2,1-3H3. The van der Waals surface area contributed by atoms with Crippen LogP contribution in [0.25, 0.3) is 0 Å². The van der Waals surface area contributed by atoms with Gasteiger partial charge in [-0.25, -0.2) is 9.59 Å².